The van der Waals surface area contributed by atoms with Crippen molar-refractivity contribution in [2.24, 2.45) is 5.41 Å². The molecule has 12 heteroatoms. The van der Waals surface area contributed by atoms with Gasteiger partial charge >= 0.3 is 0 Å². The number of piperazine rings is 1. The van der Waals surface area contributed by atoms with Crippen molar-refractivity contribution < 1.29 is 9.59 Å². The quantitative estimate of drug-likeness (QED) is 0.260. The highest BCUT2D eigenvalue weighted by atomic mass is 35.5. The van der Waals surface area contributed by atoms with Gasteiger partial charge < -0.3 is 14.4 Å². The van der Waals surface area contributed by atoms with E-state index in [1.165, 1.54) is 32.3 Å². The Morgan fingerprint density at radius 2 is 1.74 bits per heavy atom. The number of rotatable bonds is 7. The highest BCUT2D eigenvalue weighted by molar-refractivity contribution is 7.98. The summed E-state index contributed by atoms with van der Waals surface area (Å²) in [4.78, 5) is 49.5. The van der Waals surface area contributed by atoms with E-state index in [0.717, 1.165) is 18.0 Å². The maximum atomic E-state index is 13.7. The number of pyridine rings is 2. The highest BCUT2D eigenvalue weighted by Gasteiger charge is 2.28. The minimum Gasteiger partial charge on any atom is -0.339 e. The fourth-order valence-corrected chi connectivity index (χ4v) is 6.70. The third-order valence-electron chi connectivity index (χ3n) is 7.04. The number of thioether (sulfide) groups is 1. The molecule has 0 spiro atoms. The second-order valence-corrected chi connectivity index (χ2v) is 14.1. The first-order chi connectivity index (χ1) is 20.0. The van der Waals surface area contributed by atoms with Crippen LogP contribution in [0, 0.1) is 5.41 Å². The number of thiophene rings is 1. The average Bonchev–Trinajstić information content (AvgIpc) is 3.58. The van der Waals surface area contributed by atoms with E-state index in [-0.39, 0.29) is 23.9 Å². The Morgan fingerprint density at radius 1 is 1.02 bits per heavy atom. The van der Waals surface area contributed by atoms with Crippen molar-refractivity contribution in [2.45, 2.75) is 38.1 Å². The minimum absolute atomic E-state index is 0.0865. The molecule has 0 radical (unpaired) electrons. The maximum Gasteiger partial charge on any atom is 0.258 e. The Hall–Kier alpha value is -3.25. The normalized spacial score (nSPS) is 14.4. The Labute approximate surface area is 258 Å². The molecule has 1 amide bonds. The van der Waals surface area contributed by atoms with Gasteiger partial charge in [0.2, 0.25) is 5.91 Å². The molecular formula is C30H33ClN6O3S2. The van der Waals surface area contributed by atoms with Crippen LogP contribution in [0.25, 0.3) is 22.4 Å². The summed E-state index contributed by atoms with van der Waals surface area (Å²) in [6, 6.07) is 11.0. The van der Waals surface area contributed by atoms with Gasteiger partial charge in [0.05, 0.1) is 10.0 Å². The fraction of sp³-hybridized carbons (Fsp3) is 0.367. The highest BCUT2D eigenvalue weighted by Crippen LogP contribution is 2.33. The zero-order valence-corrected chi connectivity index (χ0v) is 26.4. The molecule has 220 valence electrons. The molecule has 42 heavy (non-hydrogen) atoms. The lowest BCUT2D eigenvalue weighted by Crippen LogP contribution is -2.48. The maximum absolute atomic E-state index is 13.7. The van der Waals surface area contributed by atoms with E-state index in [2.05, 4.69) is 9.88 Å². The van der Waals surface area contributed by atoms with Crippen molar-refractivity contribution in [1.29, 1.82) is 0 Å². The third-order valence-corrected chi connectivity index (χ3v) is 9.49. The van der Waals surface area contributed by atoms with E-state index < -0.39 is 5.41 Å². The fourth-order valence-electron chi connectivity index (χ4n) is 4.58. The minimum atomic E-state index is -0.666. The standard InChI is InChI=1S/C30H33ClN6O3S2/c1-30(2,3)29(40)37-27(41-19-22-5-6-25(31)42-22)16-24(33-37)21-15-23(20-7-9-32-10-8-20)28(39)36(17-21)18-26(38)35-13-11-34(4)12-14-35/h5-10,15-17H,11-14,18-19H2,1-4H3. The SMILES string of the molecule is CN1CCN(C(=O)Cn2cc(-c3cc(SCc4ccc(Cl)s4)n(C(=O)C(C)(C)C)n3)cc(-c3ccncc3)c2=O)CC1. The molecule has 5 rings (SSSR count). The van der Waals surface area contributed by atoms with Gasteiger partial charge in [-0.3, -0.25) is 19.4 Å². The number of nitrogens with zero attached hydrogens (tertiary/aromatic N) is 6. The van der Waals surface area contributed by atoms with Gasteiger partial charge in [-0.15, -0.1) is 23.1 Å². The second-order valence-electron chi connectivity index (χ2n) is 11.3. The lowest BCUT2D eigenvalue weighted by molar-refractivity contribution is -0.133. The molecule has 5 heterocycles. The first kappa shape index (κ1) is 30.2. The molecule has 1 saturated heterocycles. The van der Waals surface area contributed by atoms with Crippen molar-refractivity contribution in [1.82, 2.24) is 29.1 Å². The number of amides is 1. The van der Waals surface area contributed by atoms with Crippen molar-refractivity contribution in [2.75, 3.05) is 33.2 Å². The number of carbonyl (C=O) groups excluding carboxylic acids is 2. The molecule has 0 bridgehead atoms. The van der Waals surface area contributed by atoms with E-state index in [4.69, 9.17) is 16.7 Å². The van der Waals surface area contributed by atoms with Gasteiger partial charge in [-0.05, 0) is 49.0 Å². The van der Waals surface area contributed by atoms with Crippen molar-refractivity contribution in [3.63, 3.8) is 0 Å². The number of likely N-dealkylation sites (N-methyl/N-ethyl adjacent to an activating group) is 1. The third kappa shape index (κ3) is 6.86. The predicted octanol–water partition coefficient (Wildman–Crippen LogP) is 5.24. The van der Waals surface area contributed by atoms with Crippen LogP contribution in [-0.4, -0.2) is 74.2 Å². The first-order valence-electron chi connectivity index (χ1n) is 13.6. The summed E-state index contributed by atoms with van der Waals surface area (Å²) in [5.41, 5.74) is 1.35. The Bertz CT molecular complexity index is 1650. The predicted molar refractivity (Wildman–Crippen MR) is 168 cm³/mol. The number of halogens is 1. The lowest BCUT2D eigenvalue weighted by Gasteiger charge is -2.32. The molecule has 9 nitrogen and oxygen atoms in total. The zero-order chi connectivity index (χ0) is 30.0. The van der Waals surface area contributed by atoms with Crippen molar-refractivity contribution in [3.8, 4) is 22.4 Å². The van der Waals surface area contributed by atoms with Crippen molar-refractivity contribution in [3.05, 3.63) is 74.6 Å². The van der Waals surface area contributed by atoms with Gasteiger partial charge in [0.15, 0.2) is 0 Å². The van der Waals surface area contributed by atoms with Crippen LogP contribution >= 0.6 is 34.7 Å². The van der Waals surface area contributed by atoms with Crippen LogP contribution in [0.3, 0.4) is 0 Å². The summed E-state index contributed by atoms with van der Waals surface area (Å²) in [6.07, 6.45) is 4.93. The first-order valence-corrected chi connectivity index (χ1v) is 15.8. The summed E-state index contributed by atoms with van der Waals surface area (Å²) in [7, 11) is 2.03. The zero-order valence-electron chi connectivity index (χ0n) is 24.0. The molecule has 4 aromatic heterocycles. The largest absolute Gasteiger partial charge is 0.339 e. The van der Waals surface area contributed by atoms with Crippen LogP contribution in [-0.2, 0) is 17.1 Å². The van der Waals surface area contributed by atoms with E-state index in [1.54, 1.807) is 41.7 Å². The van der Waals surface area contributed by atoms with E-state index in [9.17, 15) is 14.4 Å². The summed E-state index contributed by atoms with van der Waals surface area (Å²) in [5, 5.41) is 5.43. The van der Waals surface area contributed by atoms with Crippen molar-refractivity contribution >= 4 is 46.5 Å². The van der Waals surface area contributed by atoms with E-state index in [1.807, 2.05) is 46.0 Å². The molecule has 0 aliphatic carbocycles. The Kier molecular flexibility index (Phi) is 9.03. The molecule has 1 fully saturated rings. The van der Waals surface area contributed by atoms with Crippen LogP contribution in [0.4, 0.5) is 0 Å². The number of hydrogen-bond donors (Lipinski definition) is 0. The van der Waals surface area contributed by atoms with Crippen LogP contribution in [0.5, 0.6) is 0 Å². The van der Waals surface area contributed by atoms with Gasteiger partial charge in [-0.2, -0.15) is 9.78 Å². The van der Waals surface area contributed by atoms with E-state index in [0.29, 0.717) is 50.6 Å². The molecule has 0 unspecified atom stereocenters. The summed E-state index contributed by atoms with van der Waals surface area (Å²) in [6.45, 7) is 8.31. The van der Waals surface area contributed by atoms with Crippen LogP contribution in [0.1, 0.15) is 30.4 Å². The summed E-state index contributed by atoms with van der Waals surface area (Å²) >= 11 is 9.13. The Morgan fingerprint density at radius 3 is 2.38 bits per heavy atom. The van der Waals surface area contributed by atoms with Gasteiger partial charge in [0.25, 0.3) is 11.5 Å². The Balaban J connectivity index is 1.56. The monoisotopic (exact) mass is 624 g/mol. The summed E-state index contributed by atoms with van der Waals surface area (Å²) < 4.78 is 3.62. The van der Waals surface area contributed by atoms with E-state index >= 15 is 0 Å². The number of aromatic nitrogens is 4. The molecule has 1 aliphatic heterocycles. The second kappa shape index (κ2) is 12.5. The molecule has 0 N–H and O–H groups in total. The van der Waals surface area contributed by atoms with Gasteiger partial charge in [-0.1, -0.05) is 32.4 Å². The topological polar surface area (TPSA) is 93.3 Å². The van der Waals surface area contributed by atoms with Gasteiger partial charge in [-0.25, -0.2) is 0 Å². The summed E-state index contributed by atoms with van der Waals surface area (Å²) in [5.74, 6) is 0.372. The van der Waals surface area contributed by atoms with Gasteiger partial charge in [0.1, 0.15) is 11.6 Å². The smallest absolute Gasteiger partial charge is 0.258 e. The molecule has 0 atom stereocenters. The molecule has 1 aliphatic rings. The van der Waals surface area contributed by atoms with Crippen LogP contribution in [0.15, 0.2) is 64.8 Å². The van der Waals surface area contributed by atoms with Crippen LogP contribution in [0.2, 0.25) is 4.34 Å². The number of hydrogen-bond acceptors (Lipinski definition) is 8. The molecule has 0 saturated carbocycles. The molecule has 0 aromatic carbocycles. The average molecular weight is 625 g/mol. The molecular weight excluding hydrogens is 592 g/mol. The lowest BCUT2D eigenvalue weighted by atomic mass is 9.96. The van der Waals surface area contributed by atoms with Crippen LogP contribution < -0.4 is 5.56 Å². The number of carbonyl (C=O) groups is 2. The van der Waals surface area contributed by atoms with Gasteiger partial charge in [0, 0.05) is 71.9 Å². The molecule has 4 aromatic rings.